The highest BCUT2D eigenvalue weighted by Crippen LogP contribution is 2.05. The maximum absolute atomic E-state index is 11.0. The first-order valence-electron chi connectivity index (χ1n) is 4.03. The van der Waals surface area contributed by atoms with Crippen molar-refractivity contribution in [3.63, 3.8) is 0 Å². The van der Waals surface area contributed by atoms with Gasteiger partial charge in [-0.25, -0.2) is 9.90 Å². The monoisotopic (exact) mass is 179 g/mol. The van der Waals surface area contributed by atoms with E-state index in [1.165, 1.54) is 7.11 Å². The van der Waals surface area contributed by atoms with E-state index in [0.717, 1.165) is 5.56 Å². The molecule has 0 atom stereocenters. The number of hydrogen-bond acceptors (Lipinski definition) is 2. The van der Waals surface area contributed by atoms with E-state index in [9.17, 15) is 9.90 Å². The fourth-order valence-electron chi connectivity index (χ4n) is 1.04. The zero-order chi connectivity index (χ0) is 9.68. The van der Waals surface area contributed by atoms with Gasteiger partial charge in [0.15, 0.2) is 0 Å². The van der Waals surface area contributed by atoms with Crippen LogP contribution in [-0.2, 0) is 16.3 Å². The molecule has 1 radical (unpaired) electrons. The Hall–Kier alpha value is -1.35. The van der Waals surface area contributed by atoms with Crippen molar-refractivity contribution >= 4 is 5.97 Å². The number of hydrogen-bond donors (Lipinski definition) is 0. The molecule has 0 saturated carbocycles. The molecule has 0 bridgehead atoms. The van der Waals surface area contributed by atoms with Crippen molar-refractivity contribution in [1.82, 2.24) is 0 Å². The van der Waals surface area contributed by atoms with Crippen LogP contribution in [0, 0.1) is 0 Å². The third kappa shape index (κ3) is 2.56. The van der Waals surface area contributed by atoms with E-state index < -0.39 is 0 Å². The molecule has 1 aromatic carbocycles. The Morgan fingerprint density at radius 3 is 2.38 bits per heavy atom. The maximum atomic E-state index is 11.0. The van der Waals surface area contributed by atoms with Gasteiger partial charge in [0.1, 0.15) is 0 Å². The van der Waals surface area contributed by atoms with Crippen molar-refractivity contribution in [2.45, 2.75) is 6.42 Å². The third-order valence-corrected chi connectivity index (χ3v) is 1.77. The molecule has 0 fully saturated rings. The van der Waals surface area contributed by atoms with Crippen LogP contribution in [0.25, 0.3) is 0 Å². The lowest BCUT2D eigenvalue weighted by Crippen LogP contribution is -2.01. The molecule has 0 saturated heterocycles. The average molecular weight is 179 g/mol. The fraction of sp³-hybridized carbons (Fsp3) is 0.300. The van der Waals surface area contributed by atoms with E-state index >= 15 is 0 Å². The van der Waals surface area contributed by atoms with Crippen LogP contribution in [0.1, 0.15) is 15.9 Å². The maximum Gasteiger partial charge on any atom is 0.337 e. The van der Waals surface area contributed by atoms with Gasteiger partial charge in [-0.05, 0) is 24.1 Å². The van der Waals surface area contributed by atoms with Crippen LogP contribution < -0.4 is 0 Å². The van der Waals surface area contributed by atoms with Crippen molar-refractivity contribution in [2.75, 3.05) is 13.7 Å². The van der Waals surface area contributed by atoms with Crippen LogP contribution in [0.4, 0.5) is 0 Å². The van der Waals surface area contributed by atoms with Crippen molar-refractivity contribution in [3.05, 3.63) is 35.4 Å². The van der Waals surface area contributed by atoms with Crippen molar-refractivity contribution in [2.24, 2.45) is 0 Å². The molecule has 0 N–H and O–H groups in total. The molecule has 0 aliphatic heterocycles. The van der Waals surface area contributed by atoms with Crippen molar-refractivity contribution in [1.29, 1.82) is 0 Å². The van der Waals surface area contributed by atoms with Gasteiger partial charge in [0.25, 0.3) is 0 Å². The Bertz CT molecular complexity index is 277. The molecular formula is C10H11O3. The van der Waals surface area contributed by atoms with Crippen LogP contribution in [-0.4, -0.2) is 19.7 Å². The molecule has 0 amide bonds. The minimum absolute atomic E-state index is 0.127. The topological polar surface area (TPSA) is 46.2 Å². The van der Waals surface area contributed by atoms with Crippen LogP contribution in [0.5, 0.6) is 0 Å². The number of benzene rings is 1. The summed E-state index contributed by atoms with van der Waals surface area (Å²) in [5.41, 5.74) is 1.46. The summed E-state index contributed by atoms with van der Waals surface area (Å²) in [7, 11) is 1.34. The number of rotatable bonds is 3. The summed E-state index contributed by atoms with van der Waals surface area (Å²) in [4.78, 5) is 11.0. The molecule has 13 heavy (non-hydrogen) atoms. The normalized spacial score (nSPS) is 9.69. The number of esters is 1. The smallest absolute Gasteiger partial charge is 0.337 e. The fourth-order valence-corrected chi connectivity index (χ4v) is 1.04. The number of ether oxygens (including phenoxy) is 1. The van der Waals surface area contributed by atoms with Crippen LogP contribution >= 0.6 is 0 Å². The molecule has 0 aliphatic carbocycles. The third-order valence-electron chi connectivity index (χ3n) is 1.77. The van der Waals surface area contributed by atoms with Gasteiger partial charge in [-0.15, -0.1) is 0 Å². The van der Waals surface area contributed by atoms with Gasteiger partial charge < -0.3 is 4.74 Å². The van der Waals surface area contributed by atoms with Crippen LogP contribution in [0.15, 0.2) is 24.3 Å². The second-order valence-electron chi connectivity index (χ2n) is 2.64. The molecular weight excluding hydrogens is 168 g/mol. The first-order chi connectivity index (χ1) is 6.27. The number of carbonyl (C=O) groups excluding carboxylic acids is 1. The molecule has 0 aromatic heterocycles. The molecule has 0 spiro atoms. The SMILES string of the molecule is COC(=O)c1ccc(CC[O])cc1. The van der Waals surface area contributed by atoms with Gasteiger partial charge >= 0.3 is 5.97 Å². The van der Waals surface area contributed by atoms with Gasteiger partial charge in [0.2, 0.25) is 0 Å². The predicted octanol–water partition coefficient (Wildman–Crippen LogP) is 1.45. The second-order valence-corrected chi connectivity index (χ2v) is 2.64. The molecule has 0 aliphatic rings. The second kappa shape index (κ2) is 4.62. The Morgan fingerprint density at radius 2 is 1.92 bits per heavy atom. The minimum atomic E-state index is -0.353. The summed E-state index contributed by atoms with van der Waals surface area (Å²) in [6.45, 7) is -0.127. The van der Waals surface area contributed by atoms with Gasteiger partial charge in [-0.3, -0.25) is 0 Å². The number of carbonyl (C=O) groups is 1. The van der Waals surface area contributed by atoms with Gasteiger partial charge in [-0.2, -0.15) is 0 Å². The van der Waals surface area contributed by atoms with Gasteiger partial charge in [-0.1, -0.05) is 12.1 Å². The Balaban J connectivity index is 2.75. The van der Waals surface area contributed by atoms with Crippen LogP contribution in [0.2, 0.25) is 0 Å². The lowest BCUT2D eigenvalue weighted by molar-refractivity contribution is 0.0601. The van der Waals surface area contributed by atoms with E-state index in [1.807, 2.05) is 0 Å². The standard InChI is InChI=1S/C10H11O3/c1-13-10(12)9-4-2-8(3-5-9)6-7-11/h2-5H,6-7H2,1H3. The first kappa shape index (κ1) is 9.74. The Labute approximate surface area is 77.0 Å². The lowest BCUT2D eigenvalue weighted by atomic mass is 10.1. The van der Waals surface area contributed by atoms with E-state index in [4.69, 9.17) is 0 Å². The Kier molecular flexibility index (Phi) is 3.46. The molecule has 69 valence electrons. The molecule has 3 heteroatoms. The highest BCUT2D eigenvalue weighted by molar-refractivity contribution is 5.89. The molecule has 0 heterocycles. The summed E-state index contributed by atoms with van der Waals surface area (Å²) >= 11 is 0. The number of methoxy groups -OCH3 is 1. The predicted molar refractivity (Wildman–Crippen MR) is 47.0 cm³/mol. The summed E-state index contributed by atoms with van der Waals surface area (Å²) in [6.07, 6.45) is 0.501. The van der Waals surface area contributed by atoms with Gasteiger partial charge in [0, 0.05) is 0 Å². The molecule has 0 unspecified atom stereocenters. The van der Waals surface area contributed by atoms with E-state index in [0.29, 0.717) is 12.0 Å². The largest absolute Gasteiger partial charge is 0.465 e. The van der Waals surface area contributed by atoms with E-state index in [1.54, 1.807) is 24.3 Å². The zero-order valence-corrected chi connectivity index (χ0v) is 7.45. The minimum Gasteiger partial charge on any atom is -0.465 e. The Morgan fingerprint density at radius 1 is 1.31 bits per heavy atom. The highest BCUT2D eigenvalue weighted by Gasteiger charge is 2.03. The molecule has 1 rings (SSSR count). The van der Waals surface area contributed by atoms with Gasteiger partial charge in [0.05, 0.1) is 19.3 Å². The first-order valence-corrected chi connectivity index (χ1v) is 4.03. The quantitative estimate of drug-likeness (QED) is 0.659. The summed E-state index contributed by atoms with van der Waals surface area (Å²) in [6, 6.07) is 6.86. The van der Waals surface area contributed by atoms with E-state index in [-0.39, 0.29) is 12.6 Å². The lowest BCUT2D eigenvalue weighted by Gasteiger charge is -2.00. The summed E-state index contributed by atoms with van der Waals surface area (Å²) in [5.74, 6) is -0.353. The zero-order valence-electron chi connectivity index (χ0n) is 7.45. The molecule has 1 aromatic rings. The van der Waals surface area contributed by atoms with Crippen molar-refractivity contribution in [3.8, 4) is 0 Å². The average Bonchev–Trinajstić information content (AvgIpc) is 2.18. The van der Waals surface area contributed by atoms with Crippen LogP contribution in [0.3, 0.4) is 0 Å². The van der Waals surface area contributed by atoms with Crippen molar-refractivity contribution < 1.29 is 14.6 Å². The summed E-state index contributed by atoms with van der Waals surface area (Å²) < 4.78 is 4.54. The highest BCUT2D eigenvalue weighted by atomic mass is 16.5. The summed E-state index contributed by atoms with van der Waals surface area (Å²) in [5, 5.41) is 10.3. The van der Waals surface area contributed by atoms with E-state index in [2.05, 4.69) is 4.74 Å². The molecule has 3 nitrogen and oxygen atoms in total.